The number of piperidine rings is 2. The van der Waals surface area contributed by atoms with Crippen LogP contribution in [0.4, 0.5) is 4.39 Å². The van der Waals surface area contributed by atoms with Crippen LogP contribution in [0.5, 0.6) is 0 Å². The van der Waals surface area contributed by atoms with Gasteiger partial charge in [0, 0.05) is 26.1 Å². The number of benzene rings is 1. The van der Waals surface area contributed by atoms with Gasteiger partial charge in [0.25, 0.3) is 0 Å². The molecule has 1 unspecified atom stereocenters. The number of primary amides is 1. The molecule has 2 fully saturated rings. The fourth-order valence-electron chi connectivity index (χ4n) is 4.76. The summed E-state index contributed by atoms with van der Waals surface area (Å²) in [6.07, 6.45) is 5.67. The van der Waals surface area contributed by atoms with Crippen molar-refractivity contribution >= 4 is 11.6 Å². The number of carbonyl (C=O) groups excluding carboxylic acids is 1. The minimum Gasteiger partial charge on any atom is -0.387 e. The van der Waals surface area contributed by atoms with Crippen LogP contribution in [0.3, 0.4) is 0 Å². The lowest BCUT2D eigenvalue weighted by Crippen LogP contribution is -2.63. The molecule has 3 aliphatic heterocycles. The summed E-state index contributed by atoms with van der Waals surface area (Å²) < 4.78 is 13.1. The van der Waals surface area contributed by atoms with Gasteiger partial charge >= 0.3 is 0 Å². The van der Waals surface area contributed by atoms with Crippen LogP contribution >= 0.6 is 0 Å². The quantitative estimate of drug-likeness (QED) is 0.841. The Labute approximate surface area is 165 Å². The average Bonchev–Trinajstić information content (AvgIpc) is 3.18. The smallest absolute Gasteiger partial charge is 0.238 e. The standard InChI is InChI=1S/C21H29FN4O2/c22-17-6-4-16(5-7-17)19-14-18(24-28-19)15-25-12-8-21(9-13-25,20(23)27)26-10-2-1-3-11-26/h4-7,19H,1-3,8-15H2,(H2,23,27). The van der Waals surface area contributed by atoms with Crippen LogP contribution in [0.1, 0.15) is 50.2 Å². The van der Waals surface area contributed by atoms with Crippen LogP contribution in [0.15, 0.2) is 29.4 Å². The summed E-state index contributed by atoms with van der Waals surface area (Å²) >= 11 is 0. The van der Waals surface area contributed by atoms with Crippen molar-refractivity contribution in [3.8, 4) is 0 Å². The average molecular weight is 388 g/mol. The number of amides is 1. The van der Waals surface area contributed by atoms with Gasteiger partial charge in [0.15, 0.2) is 6.10 Å². The van der Waals surface area contributed by atoms with E-state index < -0.39 is 5.54 Å². The van der Waals surface area contributed by atoms with Gasteiger partial charge in [0.05, 0.1) is 5.71 Å². The van der Waals surface area contributed by atoms with Gasteiger partial charge in [0.1, 0.15) is 11.4 Å². The second kappa shape index (κ2) is 8.17. The van der Waals surface area contributed by atoms with Crippen molar-refractivity contribution in [3.05, 3.63) is 35.6 Å². The first kappa shape index (κ1) is 19.3. The van der Waals surface area contributed by atoms with Crippen molar-refractivity contribution in [2.75, 3.05) is 32.7 Å². The highest BCUT2D eigenvalue weighted by molar-refractivity contribution is 5.88. The minimum absolute atomic E-state index is 0.140. The van der Waals surface area contributed by atoms with Gasteiger partial charge in [-0.15, -0.1) is 0 Å². The molecule has 4 rings (SSSR count). The van der Waals surface area contributed by atoms with E-state index in [1.807, 2.05) is 0 Å². The Morgan fingerprint density at radius 1 is 1.14 bits per heavy atom. The minimum atomic E-state index is -0.485. The Balaban J connectivity index is 1.31. The zero-order valence-electron chi connectivity index (χ0n) is 16.3. The fraction of sp³-hybridized carbons (Fsp3) is 0.619. The van der Waals surface area contributed by atoms with Crippen molar-refractivity contribution < 1.29 is 14.0 Å². The Morgan fingerprint density at radius 3 is 2.46 bits per heavy atom. The lowest BCUT2D eigenvalue weighted by molar-refractivity contribution is -0.134. The van der Waals surface area contributed by atoms with E-state index in [4.69, 9.17) is 10.6 Å². The number of nitrogens with two attached hydrogens (primary N) is 1. The first-order valence-corrected chi connectivity index (χ1v) is 10.3. The predicted molar refractivity (Wildman–Crippen MR) is 105 cm³/mol. The molecule has 0 saturated carbocycles. The summed E-state index contributed by atoms with van der Waals surface area (Å²) in [6.45, 7) is 4.36. The van der Waals surface area contributed by atoms with Gasteiger partial charge in [-0.1, -0.05) is 23.7 Å². The Bertz CT molecular complexity index is 722. The van der Waals surface area contributed by atoms with Crippen LogP contribution < -0.4 is 5.73 Å². The summed E-state index contributed by atoms with van der Waals surface area (Å²) in [5.74, 6) is -0.421. The monoisotopic (exact) mass is 388 g/mol. The van der Waals surface area contributed by atoms with Gasteiger partial charge in [-0.05, 0) is 56.5 Å². The molecule has 3 heterocycles. The van der Waals surface area contributed by atoms with E-state index in [1.54, 1.807) is 12.1 Å². The number of nitrogens with zero attached hydrogens (tertiary/aromatic N) is 3. The maximum atomic E-state index is 13.1. The second-order valence-electron chi connectivity index (χ2n) is 8.23. The highest BCUT2D eigenvalue weighted by Gasteiger charge is 2.45. The highest BCUT2D eigenvalue weighted by atomic mass is 19.1. The number of carbonyl (C=O) groups is 1. The molecule has 152 valence electrons. The van der Waals surface area contributed by atoms with E-state index in [1.165, 1.54) is 18.6 Å². The Kier molecular flexibility index (Phi) is 5.64. The summed E-state index contributed by atoms with van der Waals surface area (Å²) in [5.41, 5.74) is 7.32. The topological polar surface area (TPSA) is 71.2 Å². The van der Waals surface area contributed by atoms with Crippen LogP contribution in [0, 0.1) is 5.82 Å². The van der Waals surface area contributed by atoms with Gasteiger partial charge in [-0.25, -0.2) is 4.39 Å². The van der Waals surface area contributed by atoms with Crippen LogP contribution in [0.25, 0.3) is 0 Å². The number of likely N-dealkylation sites (tertiary alicyclic amines) is 2. The third-order valence-corrected chi connectivity index (χ3v) is 6.48. The summed E-state index contributed by atoms with van der Waals surface area (Å²) in [7, 11) is 0. The van der Waals surface area contributed by atoms with Crippen LogP contribution in [-0.2, 0) is 9.63 Å². The van der Waals surface area contributed by atoms with Gasteiger partial charge < -0.3 is 10.6 Å². The van der Waals surface area contributed by atoms with E-state index in [9.17, 15) is 9.18 Å². The number of hydrogen-bond donors (Lipinski definition) is 1. The van der Waals surface area contributed by atoms with Crippen LogP contribution in [0.2, 0.25) is 0 Å². The molecule has 0 radical (unpaired) electrons. The molecule has 0 aromatic heterocycles. The van der Waals surface area contributed by atoms with Gasteiger partial charge in [-0.2, -0.15) is 0 Å². The predicted octanol–water partition coefficient (Wildman–Crippen LogP) is 2.45. The number of halogens is 1. The number of oxime groups is 1. The van der Waals surface area contributed by atoms with E-state index in [0.29, 0.717) is 0 Å². The molecule has 2 saturated heterocycles. The van der Waals surface area contributed by atoms with Crippen molar-refractivity contribution in [2.45, 2.75) is 50.2 Å². The SMILES string of the molecule is NC(=O)C1(N2CCCCC2)CCN(CC2=NOC(c3ccc(F)cc3)C2)CC1. The van der Waals surface area contributed by atoms with Crippen LogP contribution in [-0.4, -0.2) is 59.7 Å². The van der Waals surface area contributed by atoms with E-state index in [2.05, 4.69) is 15.0 Å². The largest absolute Gasteiger partial charge is 0.387 e. The summed E-state index contributed by atoms with van der Waals surface area (Å²) in [4.78, 5) is 22.6. The molecule has 0 bridgehead atoms. The third kappa shape index (κ3) is 3.91. The third-order valence-electron chi connectivity index (χ3n) is 6.48. The number of hydrogen-bond acceptors (Lipinski definition) is 5. The maximum absolute atomic E-state index is 13.1. The molecule has 1 atom stereocenters. The Morgan fingerprint density at radius 2 is 1.82 bits per heavy atom. The van der Waals surface area contributed by atoms with Crippen molar-refractivity contribution in [1.82, 2.24) is 9.80 Å². The zero-order chi connectivity index (χ0) is 19.6. The molecule has 1 aromatic carbocycles. The second-order valence-corrected chi connectivity index (χ2v) is 8.23. The van der Waals surface area contributed by atoms with Crippen molar-refractivity contribution in [3.63, 3.8) is 0 Å². The van der Waals surface area contributed by atoms with E-state index in [-0.39, 0.29) is 17.8 Å². The summed E-state index contributed by atoms with van der Waals surface area (Å²) in [6, 6.07) is 6.40. The molecule has 3 aliphatic rings. The lowest BCUT2D eigenvalue weighted by atomic mass is 9.83. The van der Waals surface area contributed by atoms with Gasteiger partial charge in [0.2, 0.25) is 5.91 Å². The normalized spacial score (nSPS) is 25.9. The molecular weight excluding hydrogens is 359 g/mol. The first-order chi connectivity index (χ1) is 13.6. The number of rotatable bonds is 5. The van der Waals surface area contributed by atoms with Gasteiger partial charge in [-0.3, -0.25) is 14.6 Å². The molecule has 28 heavy (non-hydrogen) atoms. The molecule has 2 N–H and O–H groups in total. The molecule has 0 spiro atoms. The molecular formula is C21H29FN4O2. The first-order valence-electron chi connectivity index (χ1n) is 10.3. The highest BCUT2D eigenvalue weighted by Crippen LogP contribution is 2.32. The molecule has 1 aromatic rings. The van der Waals surface area contributed by atoms with Crippen molar-refractivity contribution in [1.29, 1.82) is 0 Å². The maximum Gasteiger partial charge on any atom is 0.238 e. The fourth-order valence-corrected chi connectivity index (χ4v) is 4.76. The molecule has 0 aliphatic carbocycles. The molecule has 1 amide bonds. The van der Waals surface area contributed by atoms with Crippen molar-refractivity contribution in [2.24, 2.45) is 10.9 Å². The van der Waals surface area contributed by atoms with E-state index >= 15 is 0 Å². The lowest BCUT2D eigenvalue weighted by Gasteiger charge is -2.48. The summed E-state index contributed by atoms with van der Waals surface area (Å²) in [5, 5.41) is 4.25. The zero-order valence-corrected chi connectivity index (χ0v) is 16.3. The molecule has 7 heteroatoms. The molecule has 6 nitrogen and oxygen atoms in total. The Hall–Kier alpha value is -1.99. The van der Waals surface area contributed by atoms with E-state index in [0.717, 1.165) is 76.1 Å².